The van der Waals surface area contributed by atoms with Gasteiger partial charge in [-0.05, 0) is 44.5 Å². The Balaban J connectivity index is 1.83. The van der Waals surface area contributed by atoms with Gasteiger partial charge in [-0.2, -0.15) is 5.10 Å². The Bertz CT molecular complexity index is 835. The van der Waals surface area contributed by atoms with Crippen molar-refractivity contribution in [1.82, 2.24) is 15.1 Å². The van der Waals surface area contributed by atoms with Crippen LogP contribution in [0.4, 0.5) is 5.82 Å². The van der Waals surface area contributed by atoms with Crippen molar-refractivity contribution in [2.75, 3.05) is 11.9 Å². The number of hydrogen-bond donors (Lipinski definition) is 2. The molecule has 0 spiro atoms. The Morgan fingerprint density at radius 2 is 1.86 bits per heavy atom. The maximum Gasteiger partial charge on any atom is 0.326 e. The number of amides is 2. The molecule has 0 bridgehead atoms. The van der Waals surface area contributed by atoms with Crippen LogP contribution in [0.25, 0.3) is 0 Å². The summed E-state index contributed by atoms with van der Waals surface area (Å²) in [6.07, 6.45) is 1.41. The average molecular weight is 407 g/mol. The monoisotopic (exact) mass is 406 g/mol. The molecule has 9 heteroatoms. The van der Waals surface area contributed by atoms with Crippen LogP contribution in [0.3, 0.4) is 0 Å². The molecule has 2 rings (SSSR count). The van der Waals surface area contributed by atoms with E-state index in [1.807, 2.05) is 13.8 Å². The van der Waals surface area contributed by atoms with Crippen molar-refractivity contribution in [2.45, 2.75) is 39.3 Å². The van der Waals surface area contributed by atoms with Crippen LogP contribution in [-0.2, 0) is 14.3 Å². The number of anilines is 1. The first kappa shape index (κ1) is 21.4. The number of ether oxygens (including phenoxy) is 1. The van der Waals surface area contributed by atoms with Gasteiger partial charge in [-0.25, -0.2) is 4.68 Å². The normalized spacial score (nSPS) is 12.7. The Morgan fingerprint density at radius 1 is 1.18 bits per heavy atom. The van der Waals surface area contributed by atoms with Gasteiger partial charge in [0.05, 0.1) is 12.2 Å². The molecule has 0 aliphatic carbocycles. The van der Waals surface area contributed by atoms with E-state index in [-0.39, 0.29) is 12.6 Å². The summed E-state index contributed by atoms with van der Waals surface area (Å²) in [5.74, 6) is -1.12. The zero-order chi connectivity index (χ0) is 20.7. The first-order valence-electron chi connectivity index (χ1n) is 8.89. The lowest BCUT2D eigenvalue weighted by Gasteiger charge is -2.17. The summed E-state index contributed by atoms with van der Waals surface area (Å²) in [4.78, 5) is 36.2. The number of nitrogens with zero attached hydrogens (tertiary/aromatic N) is 2. The minimum Gasteiger partial charge on any atom is -0.451 e. The van der Waals surface area contributed by atoms with Crippen molar-refractivity contribution in [3.8, 4) is 0 Å². The van der Waals surface area contributed by atoms with E-state index in [0.717, 1.165) is 6.42 Å². The van der Waals surface area contributed by atoms with Gasteiger partial charge in [0.2, 0.25) is 0 Å². The number of rotatable bonds is 8. The van der Waals surface area contributed by atoms with Crippen molar-refractivity contribution in [2.24, 2.45) is 0 Å². The number of halogens is 1. The van der Waals surface area contributed by atoms with Gasteiger partial charge in [0.1, 0.15) is 12.4 Å². The molecule has 150 valence electrons. The fourth-order valence-electron chi connectivity index (χ4n) is 2.31. The summed E-state index contributed by atoms with van der Waals surface area (Å²) >= 11 is 5.77. The number of hydrogen-bond acceptors (Lipinski definition) is 5. The van der Waals surface area contributed by atoms with Gasteiger partial charge < -0.3 is 15.4 Å². The molecule has 28 heavy (non-hydrogen) atoms. The van der Waals surface area contributed by atoms with Crippen LogP contribution in [0.15, 0.2) is 36.5 Å². The van der Waals surface area contributed by atoms with Crippen LogP contribution in [0.5, 0.6) is 0 Å². The Kier molecular flexibility index (Phi) is 7.57. The van der Waals surface area contributed by atoms with Crippen molar-refractivity contribution in [3.63, 3.8) is 0 Å². The highest BCUT2D eigenvalue weighted by Crippen LogP contribution is 2.16. The van der Waals surface area contributed by atoms with Gasteiger partial charge in [0.25, 0.3) is 11.8 Å². The first-order valence-corrected chi connectivity index (χ1v) is 9.27. The molecule has 1 heterocycles. The van der Waals surface area contributed by atoms with Gasteiger partial charge in [-0.3, -0.25) is 14.4 Å². The Hall–Kier alpha value is -2.87. The molecule has 0 saturated heterocycles. The van der Waals surface area contributed by atoms with Crippen molar-refractivity contribution < 1.29 is 19.1 Å². The first-order chi connectivity index (χ1) is 13.3. The predicted molar refractivity (Wildman–Crippen MR) is 105 cm³/mol. The number of aromatic nitrogens is 2. The van der Waals surface area contributed by atoms with Gasteiger partial charge in [0.15, 0.2) is 6.10 Å². The number of nitrogens with one attached hydrogen (secondary N) is 2. The summed E-state index contributed by atoms with van der Waals surface area (Å²) in [6, 6.07) is 8.02. The van der Waals surface area contributed by atoms with E-state index < -0.39 is 23.9 Å². The fraction of sp³-hybridized carbons (Fsp3) is 0.368. The lowest BCUT2D eigenvalue weighted by atomic mass is 10.2. The molecule has 1 aromatic heterocycles. The van der Waals surface area contributed by atoms with Gasteiger partial charge in [0, 0.05) is 16.7 Å². The largest absolute Gasteiger partial charge is 0.451 e. The highest BCUT2D eigenvalue weighted by atomic mass is 35.5. The Labute approximate surface area is 168 Å². The third-order valence-corrected chi connectivity index (χ3v) is 4.36. The standard InChI is InChI=1S/C19H23ClN4O4/c1-4-12(2)24-16(9-10-22-24)23-18(26)13(3)28-17(25)11-21-19(27)14-5-7-15(20)8-6-14/h5-10,12-13H,4,11H2,1-3H3,(H,21,27)(H,23,26)/t12-,13-/m1/s1. The second kappa shape index (κ2) is 9.89. The molecule has 0 aliphatic heterocycles. The maximum atomic E-state index is 12.3. The number of carbonyl (C=O) groups is 3. The van der Waals surface area contributed by atoms with E-state index in [1.54, 1.807) is 41.2 Å². The highest BCUT2D eigenvalue weighted by molar-refractivity contribution is 6.30. The molecule has 0 aliphatic rings. The summed E-state index contributed by atoms with van der Waals surface area (Å²) < 4.78 is 6.77. The zero-order valence-corrected chi connectivity index (χ0v) is 16.7. The van der Waals surface area contributed by atoms with Crippen molar-refractivity contribution in [1.29, 1.82) is 0 Å². The summed E-state index contributed by atoms with van der Waals surface area (Å²) in [7, 11) is 0. The lowest BCUT2D eigenvalue weighted by Crippen LogP contribution is -2.36. The van der Waals surface area contributed by atoms with Gasteiger partial charge in [-0.15, -0.1) is 0 Å². The van der Waals surface area contributed by atoms with E-state index in [9.17, 15) is 14.4 Å². The molecule has 0 unspecified atom stereocenters. The molecule has 1 aromatic carbocycles. The van der Waals surface area contributed by atoms with Gasteiger partial charge in [-0.1, -0.05) is 18.5 Å². The molecule has 0 saturated carbocycles. The van der Waals surface area contributed by atoms with Gasteiger partial charge >= 0.3 is 5.97 Å². The molecular formula is C19H23ClN4O4. The lowest BCUT2D eigenvalue weighted by molar-refractivity contribution is -0.152. The molecule has 0 radical (unpaired) electrons. The minimum absolute atomic E-state index is 0.117. The molecule has 2 atom stereocenters. The summed E-state index contributed by atoms with van der Waals surface area (Å²) in [5, 5.41) is 9.82. The molecular weight excluding hydrogens is 384 g/mol. The number of benzene rings is 1. The Morgan fingerprint density at radius 3 is 2.50 bits per heavy atom. The van der Waals surface area contributed by atoms with Crippen molar-refractivity contribution >= 4 is 35.2 Å². The molecule has 8 nitrogen and oxygen atoms in total. The van der Waals surface area contributed by atoms with Crippen molar-refractivity contribution in [3.05, 3.63) is 47.1 Å². The molecule has 2 aromatic rings. The van der Waals surface area contributed by atoms with E-state index in [0.29, 0.717) is 16.4 Å². The van der Waals surface area contributed by atoms with Crippen LogP contribution in [0, 0.1) is 0 Å². The van der Waals surface area contributed by atoms with Crippen LogP contribution < -0.4 is 10.6 Å². The van der Waals surface area contributed by atoms with Crippen LogP contribution in [-0.4, -0.2) is 40.2 Å². The second-order valence-electron chi connectivity index (χ2n) is 6.23. The molecule has 2 amide bonds. The predicted octanol–water partition coefficient (Wildman–Crippen LogP) is 2.81. The minimum atomic E-state index is -1.03. The van der Waals surface area contributed by atoms with Crippen LogP contribution in [0.1, 0.15) is 43.6 Å². The quantitative estimate of drug-likeness (QED) is 0.656. The molecule has 2 N–H and O–H groups in total. The second-order valence-corrected chi connectivity index (χ2v) is 6.67. The van der Waals surface area contributed by atoms with E-state index >= 15 is 0 Å². The average Bonchev–Trinajstić information content (AvgIpc) is 3.14. The molecule has 0 fully saturated rings. The van der Waals surface area contributed by atoms with E-state index in [4.69, 9.17) is 16.3 Å². The van der Waals surface area contributed by atoms with E-state index in [2.05, 4.69) is 15.7 Å². The maximum absolute atomic E-state index is 12.3. The third-order valence-electron chi connectivity index (χ3n) is 4.11. The smallest absolute Gasteiger partial charge is 0.326 e. The topological polar surface area (TPSA) is 102 Å². The summed E-state index contributed by atoms with van der Waals surface area (Å²) in [5.41, 5.74) is 0.362. The fourth-order valence-corrected chi connectivity index (χ4v) is 2.44. The SMILES string of the molecule is CC[C@@H](C)n1nccc1NC(=O)[C@@H](C)OC(=O)CNC(=O)c1ccc(Cl)cc1. The van der Waals surface area contributed by atoms with E-state index in [1.165, 1.54) is 6.92 Å². The zero-order valence-electron chi connectivity index (χ0n) is 15.9. The number of carbonyl (C=O) groups excluding carboxylic acids is 3. The third kappa shape index (κ3) is 5.82. The summed E-state index contributed by atoms with van der Waals surface area (Å²) in [6.45, 7) is 5.10. The van der Waals surface area contributed by atoms with Crippen LogP contribution in [0.2, 0.25) is 5.02 Å². The highest BCUT2D eigenvalue weighted by Gasteiger charge is 2.20. The number of esters is 1. The van der Waals surface area contributed by atoms with Crippen LogP contribution >= 0.6 is 11.6 Å².